The lowest BCUT2D eigenvalue weighted by molar-refractivity contribution is 0.242. The molecular weight excluding hydrogens is 324 g/mol. The summed E-state index contributed by atoms with van der Waals surface area (Å²) in [5.41, 5.74) is 3.97. The average Bonchev–Trinajstić information content (AvgIpc) is 2.78. The molecule has 3 nitrogen and oxygen atoms in total. The summed E-state index contributed by atoms with van der Waals surface area (Å²) in [7, 11) is 0. The molecule has 5 heteroatoms. The van der Waals surface area contributed by atoms with Gasteiger partial charge in [-0.2, -0.15) is 0 Å². The standard InChI is InChI=1S/C14H17BrN2OS/c1-9(2)18-11-5-3-10(4-6-11)13(17-16)14-12(15)7-8-19-14/h3-9,13,17H,16H2,1-2H3. The van der Waals surface area contributed by atoms with Crippen LogP contribution in [0.4, 0.5) is 0 Å². The van der Waals surface area contributed by atoms with E-state index < -0.39 is 0 Å². The maximum absolute atomic E-state index is 5.69. The summed E-state index contributed by atoms with van der Waals surface area (Å²) >= 11 is 5.21. The van der Waals surface area contributed by atoms with Crippen molar-refractivity contribution in [2.45, 2.75) is 26.0 Å². The van der Waals surface area contributed by atoms with Gasteiger partial charge in [-0.05, 0) is 58.9 Å². The molecule has 1 aromatic carbocycles. The van der Waals surface area contributed by atoms with Gasteiger partial charge in [0.1, 0.15) is 5.75 Å². The molecule has 3 N–H and O–H groups in total. The van der Waals surface area contributed by atoms with Gasteiger partial charge in [-0.25, -0.2) is 5.43 Å². The normalized spacial score (nSPS) is 12.7. The Morgan fingerprint density at radius 1 is 1.21 bits per heavy atom. The Morgan fingerprint density at radius 3 is 2.37 bits per heavy atom. The second kappa shape index (κ2) is 6.52. The van der Waals surface area contributed by atoms with E-state index in [1.807, 2.05) is 49.6 Å². The van der Waals surface area contributed by atoms with Gasteiger partial charge in [-0.1, -0.05) is 12.1 Å². The Morgan fingerprint density at radius 2 is 1.89 bits per heavy atom. The van der Waals surface area contributed by atoms with E-state index in [-0.39, 0.29) is 12.1 Å². The van der Waals surface area contributed by atoms with Crippen LogP contribution in [0, 0.1) is 0 Å². The van der Waals surface area contributed by atoms with Crippen molar-refractivity contribution in [3.63, 3.8) is 0 Å². The van der Waals surface area contributed by atoms with Gasteiger partial charge >= 0.3 is 0 Å². The third-order valence-corrected chi connectivity index (χ3v) is 4.59. The predicted octanol–water partition coefficient (Wildman–Crippen LogP) is 3.85. The van der Waals surface area contributed by atoms with E-state index in [1.165, 1.54) is 4.88 Å². The van der Waals surface area contributed by atoms with Crippen LogP contribution in [0.5, 0.6) is 5.75 Å². The van der Waals surface area contributed by atoms with E-state index in [1.54, 1.807) is 11.3 Å². The molecule has 0 aliphatic rings. The number of hydrogen-bond donors (Lipinski definition) is 2. The highest BCUT2D eigenvalue weighted by atomic mass is 79.9. The quantitative estimate of drug-likeness (QED) is 0.641. The highest BCUT2D eigenvalue weighted by Crippen LogP contribution is 2.33. The van der Waals surface area contributed by atoms with Crippen LogP contribution in [0.15, 0.2) is 40.2 Å². The monoisotopic (exact) mass is 340 g/mol. The van der Waals surface area contributed by atoms with E-state index in [2.05, 4.69) is 21.4 Å². The van der Waals surface area contributed by atoms with Crippen LogP contribution in [0.3, 0.4) is 0 Å². The predicted molar refractivity (Wildman–Crippen MR) is 83.4 cm³/mol. The molecule has 1 atom stereocenters. The number of nitrogens with two attached hydrogens (primary N) is 1. The molecule has 0 radical (unpaired) electrons. The molecule has 1 heterocycles. The summed E-state index contributed by atoms with van der Waals surface area (Å²) in [6.45, 7) is 4.03. The zero-order valence-electron chi connectivity index (χ0n) is 10.9. The van der Waals surface area contributed by atoms with Crippen LogP contribution < -0.4 is 16.0 Å². The van der Waals surface area contributed by atoms with Crippen molar-refractivity contribution >= 4 is 27.3 Å². The summed E-state index contributed by atoms with van der Waals surface area (Å²) in [5, 5.41) is 2.04. The fourth-order valence-corrected chi connectivity index (χ4v) is 3.53. The van der Waals surface area contributed by atoms with Crippen molar-refractivity contribution in [1.29, 1.82) is 0 Å². The fraction of sp³-hybridized carbons (Fsp3) is 0.286. The maximum Gasteiger partial charge on any atom is 0.119 e. The molecule has 2 aromatic rings. The minimum absolute atomic E-state index is 0.0116. The smallest absolute Gasteiger partial charge is 0.119 e. The molecule has 0 aliphatic heterocycles. The first-order chi connectivity index (χ1) is 9.11. The largest absolute Gasteiger partial charge is 0.491 e. The zero-order chi connectivity index (χ0) is 13.8. The van der Waals surface area contributed by atoms with E-state index in [0.29, 0.717) is 0 Å². The summed E-state index contributed by atoms with van der Waals surface area (Å²) < 4.78 is 6.71. The summed E-state index contributed by atoms with van der Waals surface area (Å²) in [5.74, 6) is 6.56. The first kappa shape index (κ1) is 14.5. The summed E-state index contributed by atoms with van der Waals surface area (Å²) in [6.07, 6.45) is 0.181. The lowest BCUT2D eigenvalue weighted by Gasteiger charge is -2.17. The highest BCUT2D eigenvalue weighted by Gasteiger charge is 2.16. The molecule has 0 fully saturated rings. The number of halogens is 1. The van der Waals surface area contributed by atoms with E-state index >= 15 is 0 Å². The number of thiophene rings is 1. The highest BCUT2D eigenvalue weighted by molar-refractivity contribution is 9.10. The Labute approximate surface area is 125 Å². The van der Waals surface area contributed by atoms with Crippen molar-refractivity contribution in [1.82, 2.24) is 5.43 Å². The van der Waals surface area contributed by atoms with Gasteiger partial charge in [0.25, 0.3) is 0 Å². The van der Waals surface area contributed by atoms with Gasteiger partial charge in [0.15, 0.2) is 0 Å². The minimum Gasteiger partial charge on any atom is -0.491 e. The molecule has 1 unspecified atom stereocenters. The zero-order valence-corrected chi connectivity index (χ0v) is 13.3. The van der Waals surface area contributed by atoms with Crippen LogP contribution in [0.2, 0.25) is 0 Å². The Bertz CT molecular complexity index is 524. The van der Waals surface area contributed by atoms with Crippen molar-refractivity contribution < 1.29 is 4.74 Å². The van der Waals surface area contributed by atoms with Gasteiger partial charge in [-0.3, -0.25) is 5.84 Å². The van der Waals surface area contributed by atoms with Crippen LogP contribution in [-0.4, -0.2) is 6.10 Å². The number of ether oxygens (including phenoxy) is 1. The van der Waals surface area contributed by atoms with E-state index in [4.69, 9.17) is 10.6 Å². The molecular formula is C14H17BrN2OS. The number of rotatable bonds is 5. The number of hydrogen-bond acceptors (Lipinski definition) is 4. The Kier molecular flexibility index (Phi) is 4.99. The van der Waals surface area contributed by atoms with E-state index in [9.17, 15) is 0 Å². The molecule has 19 heavy (non-hydrogen) atoms. The van der Waals surface area contributed by atoms with Crippen LogP contribution in [0.1, 0.15) is 30.3 Å². The third kappa shape index (κ3) is 3.57. The van der Waals surface area contributed by atoms with Gasteiger partial charge in [-0.15, -0.1) is 11.3 Å². The molecule has 0 aliphatic carbocycles. The molecule has 1 aromatic heterocycles. The van der Waals surface area contributed by atoms with Crippen molar-refractivity contribution in [3.05, 3.63) is 50.6 Å². The van der Waals surface area contributed by atoms with E-state index in [0.717, 1.165) is 15.8 Å². The molecule has 0 saturated carbocycles. The number of hydrazine groups is 1. The van der Waals surface area contributed by atoms with Gasteiger partial charge in [0.2, 0.25) is 0 Å². The lowest BCUT2D eigenvalue weighted by atomic mass is 10.1. The molecule has 0 spiro atoms. The average molecular weight is 341 g/mol. The Hall–Kier alpha value is -0.880. The molecule has 2 rings (SSSR count). The van der Waals surface area contributed by atoms with Crippen LogP contribution >= 0.6 is 27.3 Å². The van der Waals surface area contributed by atoms with Gasteiger partial charge in [0, 0.05) is 9.35 Å². The van der Waals surface area contributed by atoms with Crippen molar-refractivity contribution in [3.8, 4) is 5.75 Å². The topological polar surface area (TPSA) is 47.3 Å². The Balaban J connectivity index is 2.22. The molecule has 0 bridgehead atoms. The fourth-order valence-electron chi connectivity index (χ4n) is 1.85. The summed E-state index contributed by atoms with van der Waals surface area (Å²) in [4.78, 5) is 1.17. The van der Waals surface area contributed by atoms with Crippen molar-refractivity contribution in [2.24, 2.45) is 5.84 Å². The van der Waals surface area contributed by atoms with Crippen LogP contribution in [-0.2, 0) is 0 Å². The third-order valence-electron chi connectivity index (χ3n) is 2.66. The van der Waals surface area contributed by atoms with Crippen LogP contribution in [0.25, 0.3) is 0 Å². The van der Waals surface area contributed by atoms with Gasteiger partial charge in [0.05, 0.1) is 12.1 Å². The first-order valence-electron chi connectivity index (χ1n) is 6.07. The second-order valence-corrected chi connectivity index (χ2v) is 6.27. The lowest BCUT2D eigenvalue weighted by Crippen LogP contribution is -2.28. The minimum atomic E-state index is -0.0116. The maximum atomic E-state index is 5.69. The van der Waals surface area contributed by atoms with Gasteiger partial charge < -0.3 is 4.74 Å². The molecule has 102 valence electrons. The SMILES string of the molecule is CC(C)Oc1ccc(C(NN)c2sccc2Br)cc1. The summed E-state index contributed by atoms with van der Waals surface area (Å²) in [6, 6.07) is 10.0. The second-order valence-electron chi connectivity index (χ2n) is 4.47. The molecule has 0 saturated heterocycles. The first-order valence-corrected chi connectivity index (χ1v) is 7.74. The van der Waals surface area contributed by atoms with Crippen molar-refractivity contribution in [2.75, 3.05) is 0 Å². The number of nitrogens with one attached hydrogen (secondary N) is 1. The number of benzene rings is 1. The molecule has 0 amide bonds.